The summed E-state index contributed by atoms with van der Waals surface area (Å²) >= 11 is 0. The average Bonchev–Trinajstić information content (AvgIpc) is 2.91. The first-order valence-electron chi connectivity index (χ1n) is 7.08. The molecule has 1 fully saturated rings. The number of hydrogen-bond donors (Lipinski definition) is 2. The van der Waals surface area contributed by atoms with E-state index in [1.165, 1.54) is 6.42 Å². The molecule has 0 aliphatic heterocycles. The van der Waals surface area contributed by atoms with E-state index >= 15 is 0 Å². The van der Waals surface area contributed by atoms with Crippen molar-refractivity contribution in [3.8, 4) is 0 Å². The van der Waals surface area contributed by atoms with E-state index in [0.717, 1.165) is 25.7 Å². The third kappa shape index (κ3) is 3.13. The van der Waals surface area contributed by atoms with Gasteiger partial charge in [0, 0.05) is 6.61 Å². The number of aliphatic hydroxyl groups excluding tert-OH is 1. The maximum Gasteiger partial charge on any atom is 0.255 e. The lowest BCUT2D eigenvalue weighted by atomic mass is 9.84. The van der Waals surface area contributed by atoms with Gasteiger partial charge in [-0.25, -0.2) is 0 Å². The normalized spacial score (nSPS) is 20.4. The Morgan fingerprint density at radius 2 is 2.16 bits per heavy atom. The highest BCUT2D eigenvalue weighted by molar-refractivity contribution is 5.04. The van der Waals surface area contributed by atoms with E-state index < -0.39 is 11.7 Å². The maximum absolute atomic E-state index is 9.83. The van der Waals surface area contributed by atoms with Gasteiger partial charge in [-0.1, -0.05) is 24.4 Å². The molecule has 2 rings (SSSR count). The van der Waals surface area contributed by atoms with Gasteiger partial charge in [-0.15, -0.1) is 0 Å². The van der Waals surface area contributed by atoms with E-state index in [2.05, 4.69) is 10.1 Å². The highest BCUT2D eigenvalue weighted by Crippen LogP contribution is 2.39. The zero-order valence-corrected chi connectivity index (χ0v) is 11.5. The fourth-order valence-corrected chi connectivity index (χ4v) is 2.67. The van der Waals surface area contributed by atoms with Gasteiger partial charge in [-0.2, -0.15) is 4.98 Å². The fourth-order valence-electron chi connectivity index (χ4n) is 2.67. The lowest BCUT2D eigenvalue weighted by molar-refractivity contribution is -0.0777. The molecule has 1 aliphatic rings. The molecular formula is C13H23N3O3. The SMILES string of the molecule is CCOC1(c2noc(C(O)CCN)n2)CCCCC1. The smallest absolute Gasteiger partial charge is 0.255 e. The standard InChI is InChI=1S/C13H23N3O3/c1-2-18-13(7-4-3-5-8-13)12-15-11(19-16-12)10(17)6-9-14/h10,17H,2-9,14H2,1H3. The van der Waals surface area contributed by atoms with Gasteiger partial charge in [-0.3, -0.25) is 0 Å². The fraction of sp³-hybridized carbons (Fsp3) is 0.846. The van der Waals surface area contributed by atoms with Crippen molar-refractivity contribution in [3.63, 3.8) is 0 Å². The highest BCUT2D eigenvalue weighted by Gasteiger charge is 2.39. The van der Waals surface area contributed by atoms with Crippen LogP contribution in [-0.2, 0) is 10.3 Å². The summed E-state index contributed by atoms with van der Waals surface area (Å²) in [6.45, 7) is 2.98. The van der Waals surface area contributed by atoms with Crippen molar-refractivity contribution in [1.29, 1.82) is 0 Å². The van der Waals surface area contributed by atoms with Crippen LogP contribution in [0.2, 0.25) is 0 Å². The van der Waals surface area contributed by atoms with Gasteiger partial charge >= 0.3 is 0 Å². The monoisotopic (exact) mass is 269 g/mol. The van der Waals surface area contributed by atoms with Gasteiger partial charge < -0.3 is 20.1 Å². The molecule has 6 heteroatoms. The molecule has 0 aromatic carbocycles. The molecule has 1 aromatic heterocycles. The van der Waals surface area contributed by atoms with E-state index in [9.17, 15) is 5.11 Å². The van der Waals surface area contributed by atoms with Crippen LogP contribution >= 0.6 is 0 Å². The van der Waals surface area contributed by atoms with Crippen LogP contribution in [0.3, 0.4) is 0 Å². The first-order valence-corrected chi connectivity index (χ1v) is 7.08. The van der Waals surface area contributed by atoms with Crippen LogP contribution in [0, 0.1) is 0 Å². The van der Waals surface area contributed by atoms with Crippen LogP contribution in [0.5, 0.6) is 0 Å². The number of aliphatic hydroxyl groups is 1. The lowest BCUT2D eigenvalue weighted by Crippen LogP contribution is -2.33. The molecule has 1 heterocycles. The summed E-state index contributed by atoms with van der Waals surface area (Å²) in [5, 5.41) is 13.9. The molecule has 0 bridgehead atoms. The van der Waals surface area contributed by atoms with E-state index in [0.29, 0.717) is 25.4 Å². The Labute approximate surface area is 113 Å². The summed E-state index contributed by atoms with van der Waals surface area (Å²) in [6, 6.07) is 0. The van der Waals surface area contributed by atoms with Gasteiger partial charge in [-0.05, 0) is 32.7 Å². The van der Waals surface area contributed by atoms with Crippen LogP contribution in [0.4, 0.5) is 0 Å². The van der Waals surface area contributed by atoms with Crippen molar-refractivity contribution in [2.75, 3.05) is 13.2 Å². The second-order valence-corrected chi connectivity index (χ2v) is 5.04. The number of rotatable bonds is 6. The molecule has 1 atom stereocenters. The van der Waals surface area contributed by atoms with Crippen molar-refractivity contribution in [2.45, 2.75) is 57.2 Å². The van der Waals surface area contributed by atoms with Crippen molar-refractivity contribution < 1.29 is 14.4 Å². The molecule has 1 saturated carbocycles. The first-order chi connectivity index (χ1) is 9.22. The second-order valence-electron chi connectivity index (χ2n) is 5.04. The Bertz CT molecular complexity index is 383. The summed E-state index contributed by atoms with van der Waals surface area (Å²) in [5.41, 5.74) is 4.98. The van der Waals surface area contributed by atoms with Crippen LogP contribution in [0.25, 0.3) is 0 Å². The molecule has 0 saturated heterocycles. The second kappa shape index (κ2) is 6.45. The van der Waals surface area contributed by atoms with Crippen LogP contribution < -0.4 is 5.73 Å². The van der Waals surface area contributed by atoms with E-state index in [1.54, 1.807) is 0 Å². The number of nitrogens with two attached hydrogens (primary N) is 1. The Balaban J connectivity index is 2.18. The molecule has 108 valence electrons. The zero-order valence-electron chi connectivity index (χ0n) is 11.5. The van der Waals surface area contributed by atoms with Crippen molar-refractivity contribution in [2.24, 2.45) is 5.73 Å². The van der Waals surface area contributed by atoms with Crippen LogP contribution in [0.15, 0.2) is 4.52 Å². The quantitative estimate of drug-likeness (QED) is 0.815. The lowest BCUT2D eigenvalue weighted by Gasteiger charge is -2.33. The van der Waals surface area contributed by atoms with E-state index in [4.69, 9.17) is 15.0 Å². The number of nitrogens with zero attached hydrogens (tertiary/aromatic N) is 2. The van der Waals surface area contributed by atoms with Gasteiger partial charge in [0.05, 0.1) is 0 Å². The summed E-state index contributed by atoms with van der Waals surface area (Å²) in [4.78, 5) is 4.33. The molecule has 19 heavy (non-hydrogen) atoms. The minimum atomic E-state index is -0.784. The number of ether oxygens (including phenoxy) is 1. The predicted molar refractivity (Wildman–Crippen MR) is 69.3 cm³/mol. The molecule has 0 radical (unpaired) electrons. The Morgan fingerprint density at radius 1 is 1.42 bits per heavy atom. The highest BCUT2D eigenvalue weighted by atomic mass is 16.5. The summed E-state index contributed by atoms with van der Waals surface area (Å²) < 4.78 is 11.1. The molecule has 0 amide bonds. The number of aromatic nitrogens is 2. The Hall–Kier alpha value is -0.980. The van der Waals surface area contributed by atoms with Crippen molar-refractivity contribution in [3.05, 3.63) is 11.7 Å². The van der Waals surface area contributed by atoms with Crippen molar-refractivity contribution in [1.82, 2.24) is 10.1 Å². The summed E-state index contributed by atoms with van der Waals surface area (Å²) in [5.74, 6) is 0.810. The third-order valence-corrected chi connectivity index (χ3v) is 3.66. The van der Waals surface area contributed by atoms with E-state index in [-0.39, 0.29) is 5.89 Å². The van der Waals surface area contributed by atoms with Gasteiger partial charge in [0.25, 0.3) is 5.89 Å². The molecule has 6 nitrogen and oxygen atoms in total. The third-order valence-electron chi connectivity index (χ3n) is 3.66. The molecule has 1 aromatic rings. The predicted octanol–water partition coefficient (Wildman–Crippen LogP) is 1.65. The molecular weight excluding hydrogens is 246 g/mol. The molecule has 3 N–H and O–H groups in total. The largest absolute Gasteiger partial charge is 0.383 e. The van der Waals surface area contributed by atoms with Gasteiger partial charge in [0.2, 0.25) is 5.82 Å². The minimum absolute atomic E-state index is 0.241. The van der Waals surface area contributed by atoms with Crippen LogP contribution in [-0.4, -0.2) is 28.4 Å². The van der Waals surface area contributed by atoms with Gasteiger partial charge in [0.15, 0.2) is 0 Å². The minimum Gasteiger partial charge on any atom is -0.383 e. The Morgan fingerprint density at radius 3 is 2.79 bits per heavy atom. The summed E-state index contributed by atoms with van der Waals surface area (Å²) in [6.07, 6.45) is 4.89. The zero-order chi connectivity index (χ0) is 13.7. The van der Waals surface area contributed by atoms with Crippen LogP contribution in [0.1, 0.15) is 63.3 Å². The maximum atomic E-state index is 9.83. The Kier molecular flexibility index (Phi) is 4.90. The topological polar surface area (TPSA) is 94.4 Å². The molecule has 1 unspecified atom stereocenters. The van der Waals surface area contributed by atoms with Crippen molar-refractivity contribution >= 4 is 0 Å². The molecule has 0 spiro atoms. The van der Waals surface area contributed by atoms with Gasteiger partial charge in [0.1, 0.15) is 11.7 Å². The first kappa shape index (κ1) is 14.4. The average molecular weight is 269 g/mol. The number of hydrogen-bond acceptors (Lipinski definition) is 6. The summed E-state index contributed by atoms with van der Waals surface area (Å²) in [7, 11) is 0. The molecule has 1 aliphatic carbocycles. The van der Waals surface area contributed by atoms with E-state index in [1.807, 2.05) is 6.92 Å².